The van der Waals surface area contributed by atoms with E-state index >= 15 is 0 Å². The number of H-pyrrole nitrogens is 1. The number of hydrogen-bond acceptors (Lipinski definition) is 5. The number of amides is 1. The second-order valence-corrected chi connectivity index (χ2v) is 6.31. The van der Waals surface area contributed by atoms with Gasteiger partial charge in [-0.3, -0.25) is 9.89 Å². The molecule has 1 aromatic carbocycles. The van der Waals surface area contributed by atoms with Crippen LogP contribution >= 0.6 is 0 Å². The van der Waals surface area contributed by atoms with Crippen LogP contribution in [0.5, 0.6) is 0 Å². The molecule has 1 aliphatic heterocycles. The van der Waals surface area contributed by atoms with E-state index in [2.05, 4.69) is 20.3 Å². The number of likely N-dealkylation sites (tertiary alicyclic amines) is 1. The normalized spacial score (nSPS) is 15.5. The minimum absolute atomic E-state index is 0.0957. The lowest BCUT2D eigenvalue weighted by Crippen LogP contribution is -2.38. The predicted molar refractivity (Wildman–Crippen MR) is 90.9 cm³/mol. The van der Waals surface area contributed by atoms with E-state index < -0.39 is 0 Å². The van der Waals surface area contributed by atoms with Gasteiger partial charge in [-0.05, 0) is 19.8 Å². The van der Waals surface area contributed by atoms with Crippen molar-refractivity contribution < 1.29 is 9.32 Å². The first-order valence-electron chi connectivity index (χ1n) is 8.41. The second-order valence-electron chi connectivity index (χ2n) is 6.31. The number of nitrogens with one attached hydrogen (secondary N) is 1. The lowest BCUT2D eigenvalue weighted by molar-refractivity contribution is 0.0669. The summed E-state index contributed by atoms with van der Waals surface area (Å²) in [6.07, 6.45) is 1.70. The van der Waals surface area contributed by atoms with Gasteiger partial charge < -0.3 is 9.42 Å². The summed E-state index contributed by atoms with van der Waals surface area (Å²) < 4.78 is 5.07. The van der Waals surface area contributed by atoms with Gasteiger partial charge >= 0.3 is 0 Å². The average molecular weight is 337 g/mol. The van der Waals surface area contributed by atoms with Crippen molar-refractivity contribution in [2.45, 2.75) is 25.7 Å². The summed E-state index contributed by atoms with van der Waals surface area (Å²) in [5.74, 6) is 2.10. The quantitative estimate of drug-likeness (QED) is 0.794. The minimum atomic E-state index is -0.0957. The van der Waals surface area contributed by atoms with E-state index in [1.54, 1.807) is 13.0 Å². The molecule has 1 saturated heterocycles. The lowest BCUT2D eigenvalue weighted by atomic mass is 9.96. The number of hydrogen-bond donors (Lipinski definition) is 1. The van der Waals surface area contributed by atoms with E-state index in [1.165, 1.54) is 0 Å². The standard InChI is InChI=1S/C18H19N5O2/c1-12-11-15(25-22-12)18(24)23-9-7-14(8-10-23)17-19-16(20-21-17)13-5-3-2-4-6-13/h2-6,11,14H,7-10H2,1H3,(H,19,20,21). The highest BCUT2D eigenvalue weighted by atomic mass is 16.5. The molecular weight excluding hydrogens is 318 g/mol. The van der Waals surface area contributed by atoms with E-state index in [4.69, 9.17) is 4.52 Å². The Morgan fingerprint density at radius 2 is 2.00 bits per heavy atom. The monoisotopic (exact) mass is 337 g/mol. The molecule has 1 fully saturated rings. The molecule has 3 aromatic rings. The topological polar surface area (TPSA) is 87.9 Å². The molecule has 4 rings (SSSR count). The maximum Gasteiger partial charge on any atom is 0.292 e. The summed E-state index contributed by atoms with van der Waals surface area (Å²) in [6, 6.07) is 11.6. The molecule has 0 atom stereocenters. The summed E-state index contributed by atoms with van der Waals surface area (Å²) in [6.45, 7) is 3.15. The SMILES string of the molecule is Cc1cc(C(=O)N2CCC(c3nc(-c4ccccc4)n[nH]3)CC2)on1. The van der Waals surface area contributed by atoms with Crippen molar-refractivity contribution in [1.82, 2.24) is 25.2 Å². The Bertz CT molecular complexity index is 862. The highest BCUT2D eigenvalue weighted by molar-refractivity contribution is 5.91. The largest absolute Gasteiger partial charge is 0.351 e. The summed E-state index contributed by atoms with van der Waals surface area (Å²) >= 11 is 0. The van der Waals surface area contributed by atoms with Crippen molar-refractivity contribution in [3.05, 3.63) is 53.7 Å². The van der Waals surface area contributed by atoms with Crippen LogP contribution in [0.3, 0.4) is 0 Å². The number of aromatic nitrogens is 4. The van der Waals surface area contributed by atoms with Crippen molar-refractivity contribution in [3.63, 3.8) is 0 Å². The van der Waals surface area contributed by atoms with Crippen molar-refractivity contribution in [3.8, 4) is 11.4 Å². The van der Waals surface area contributed by atoms with Gasteiger partial charge in [-0.15, -0.1) is 0 Å². The molecule has 7 heteroatoms. The average Bonchev–Trinajstić information content (AvgIpc) is 3.31. The number of aromatic amines is 1. The Balaban J connectivity index is 1.41. The molecule has 2 aromatic heterocycles. The van der Waals surface area contributed by atoms with Gasteiger partial charge in [-0.2, -0.15) is 5.10 Å². The molecule has 0 radical (unpaired) electrons. The zero-order valence-corrected chi connectivity index (χ0v) is 14.0. The molecule has 0 aliphatic carbocycles. The third kappa shape index (κ3) is 3.17. The predicted octanol–water partition coefficient (Wildman–Crippen LogP) is 2.79. The number of piperidine rings is 1. The van der Waals surface area contributed by atoms with Gasteiger partial charge in [0, 0.05) is 30.6 Å². The third-order valence-corrected chi connectivity index (χ3v) is 4.54. The first kappa shape index (κ1) is 15.6. The molecule has 1 amide bonds. The molecule has 25 heavy (non-hydrogen) atoms. The Labute approximate surface area is 145 Å². The van der Waals surface area contributed by atoms with Gasteiger partial charge in [0.25, 0.3) is 5.91 Å². The maximum absolute atomic E-state index is 12.4. The molecule has 7 nitrogen and oxygen atoms in total. The zero-order valence-electron chi connectivity index (χ0n) is 14.0. The maximum atomic E-state index is 12.4. The Hall–Kier alpha value is -2.96. The summed E-state index contributed by atoms with van der Waals surface area (Å²) in [7, 11) is 0. The van der Waals surface area contributed by atoms with E-state index in [-0.39, 0.29) is 11.8 Å². The Morgan fingerprint density at radius 1 is 1.24 bits per heavy atom. The molecular formula is C18H19N5O2. The zero-order chi connectivity index (χ0) is 17.2. The van der Waals surface area contributed by atoms with E-state index in [1.807, 2.05) is 35.2 Å². The summed E-state index contributed by atoms with van der Waals surface area (Å²) in [5.41, 5.74) is 1.71. The van der Waals surface area contributed by atoms with Gasteiger partial charge in [0.1, 0.15) is 5.82 Å². The number of carbonyl (C=O) groups is 1. The van der Waals surface area contributed by atoms with Crippen LogP contribution in [-0.4, -0.2) is 44.2 Å². The van der Waals surface area contributed by atoms with E-state index in [0.29, 0.717) is 30.4 Å². The first-order chi connectivity index (χ1) is 12.2. The van der Waals surface area contributed by atoms with Crippen molar-refractivity contribution >= 4 is 5.91 Å². The molecule has 0 unspecified atom stereocenters. The number of benzene rings is 1. The molecule has 3 heterocycles. The third-order valence-electron chi connectivity index (χ3n) is 4.54. The highest BCUT2D eigenvalue weighted by Gasteiger charge is 2.28. The fraction of sp³-hybridized carbons (Fsp3) is 0.333. The van der Waals surface area contributed by atoms with Crippen LogP contribution in [0.15, 0.2) is 40.9 Å². The molecule has 0 saturated carbocycles. The number of rotatable bonds is 3. The van der Waals surface area contributed by atoms with Gasteiger partial charge in [0.2, 0.25) is 5.76 Å². The molecule has 0 bridgehead atoms. The lowest BCUT2D eigenvalue weighted by Gasteiger charge is -2.30. The highest BCUT2D eigenvalue weighted by Crippen LogP contribution is 2.27. The van der Waals surface area contributed by atoms with Crippen molar-refractivity contribution in [2.75, 3.05) is 13.1 Å². The van der Waals surface area contributed by atoms with Crippen LogP contribution in [0.2, 0.25) is 0 Å². The molecule has 1 aliphatic rings. The van der Waals surface area contributed by atoms with Crippen molar-refractivity contribution in [1.29, 1.82) is 0 Å². The molecule has 1 N–H and O–H groups in total. The summed E-state index contributed by atoms with van der Waals surface area (Å²) in [4.78, 5) is 18.8. The fourth-order valence-electron chi connectivity index (χ4n) is 3.15. The van der Waals surface area contributed by atoms with Crippen LogP contribution in [0.4, 0.5) is 0 Å². The smallest absolute Gasteiger partial charge is 0.292 e. The molecule has 0 spiro atoms. The van der Waals surface area contributed by atoms with Gasteiger partial charge in [-0.25, -0.2) is 4.98 Å². The van der Waals surface area contributed by atoms with E-state index in [9.17, 15) is 4.79 Å². The van der Waals surface area contributed by atoms with Gasteiger partial charge in [0.05, 0.1) is 5.69 Å². The van der Waals surface area contributed by atoms with Crippen molar-refractivity contribution in [2.24, 2.45) is 0 Å². The number of carbonyl (C=O) groups excluding carboxylic acids is 1. The molecule has 128 valence electrons. The Morgan fingerprint density at radius 3 is 2.68 bits per heavy atom. The minimum Gasteiger partial charge on any atom is -0.351 e. The van der Waals surface area contributed by atoms with Crippen LogP contribution < -0.4 is 0 Å². The summed E-state index contributed by atoms with van der Waals surface area (Å²) in [5, 5.41) is 11.2. The number of nitrogens with zero attached hydrogens (tertiary/aromatic N) is 4. The second kappa shape index (κ2) is 6.51. The fourth-order valence-corrected chi connectivity index (χ4v) is 3.15. The Kier molecular flexibility index (Phi) is 4.05. The number of aryl methyl sites for hydroxylation is 1. The van der Waals surface area contributed by atoms with Gasteiger partial charge in [-0.1, -0.05) is 35.5 Å². The van der Waals surface area contributed by atoms with Crippen LogP contribution in [0, 0.1) is 6.92 Å². The van der Waals surface area contributed by atoms with Crippen LogP contribution in [0.1, 0.15) is 40.8 Å². The van der Waals surface area contributed by atoms with Crippen LogP contribution in [-0.2, 0) is 0 Å². The van der Waals surface area contributed by atoms with Gasteiger partial charge in [0.15, 0.2) is 5.82 Å². The first-order valence-corrected chi connectivity index (χ1v) is 8.41. The van der Waals surface area contributed by atoms with Crippen LogP contribution in [0.25, 0.3) is 11.4 Å². The van der Waals surface area contributed by atoms with E-state index in [0.717, 1.165) is 24.2 Å².